The van der Waals surface area contributed by atoms with Crippen LogP contribution >= 0.6 is 0 Å². The first kappa shape index (κ1) is 25.0. The van der Waals surface area contributed by atoms with E-state index in [4.69, 9.17) is 4.74 Å². The van der Waals surface area contributed by atoms with E-state index in [0.717, 1.165) is 18.9 Å². The molecular weight excluding hydrogens is 467 g/mol. The van der Waals surface area contributed by atoms with Gasteiger partial charge in [-0.15, -0.1) is 0 Å². The number of ketones is 1. The number of H-pyrrole nitrogens is 1. The number of hydrogen-bond acceptors (Lipinski definition) is 6. The highest BCUT2D eigenvalue weighted by Gasteiger charge is 2.37. The van der Waals surface area contributed by atoms with Gasteiger partial charge in [0.05, 0.1) is 22.6 Å². The molecule has 0 bridgehead atoms. The number of aromatic nitrogens is 2. The molecule has 1 aromatic heterocycles. The molecule has 0 saturated carbocycles. The SMILES string of the molecule is CCCCCC(=O)CS(=O)(=O)Nn1c(=O)[nH]c2cc(C(F)(F)F)c(C3CCCO3)cc2c1=O. The average Bonchev–Trinajstić information content (AvgIpc) is 3.24. The highest BCUT2D eigenvalue weighted by Crippen LogP contribution is 2.40. The molecule has 9 nitrogen and oxygen atoms in total. The quantitative estimate of drug-likeness (QED) is 0.519. The van der Waals surface area contributed by atoms with Crippen LogP contribution in [0.3, 0.4) is 0 Å². The van der Waals surface area contributed by atoms with Crippen molar-refractivity contribution in [1.29, 1.82) is 0 Å². The first-order valence-corrected chi connectivity index (χ1v) is 12.1. The second kappa shape index (κ2) is 9.67. The van der Waals surface area contributed by atoms with Gasteiger partial charge in [0.1, 0.15) is 11.5 Å². The Labute approximate surface area is 187 Å². The van der Waals surface area contributed by atoms with Gasteiger partial charge in [0.25, 0.3) is 15.6 Å². The van der Waals surface area contributed by atoms with Gasteiger partial charge in [0, 0.05) is 13.0 Å². The normalized spacial score (nSPS) is 16.9. The van der Waals surface area contributed by atoms with Crippen molar-refractivity contribution in [1.82, 2.24) is 9.66 Å². The Morgan fingerprint density at radius 1 is 1.27 bits per heavy atom. The number of alkyl halides is 3. The molecule has 1 atom stereocenters. The molecule has 2 N–H and O–H groups in total. The number of carbonyl (C=O) groups is 1. The molecule has 0 radical (unpaired) electrons. The third-order valence-electron chi connectivity index (χ3n) is 5.29. The number of ether oxygens (including phenoxy) is 1. The number of aromatic amines is 1. The highest BCUT2D eigenvalue weighted by atomic mass is 32.2. The molecular formula is C20H24F3N3O6S. The predicted octanol–water partition coefficient (Wildman–Crippen LogP) is 2.58. The molecule has 2 aromatic rings. The van der Waals surface area contributed by atoms with Crippen molar-refractivity contribution in [2.45, 2.75) is 57.7 Å². The van der Waals surface area contributed by atoms with Gasteiger partial charge in [0.2, 0.25) is 0 Å². The Morgan fingerprint density at radius 2 is 2.00 bits per heavy atom. The van der Waals surface area contributed by atoms with Crippen LogP contribution < -0.4 is 16.1 Å². The molecule has 1 saturated heterocycles. The third-order valence-corrected chi connectivity index (χ3v) is 6.45. The minimum atomic E-state index is -4.76. The molecule has 1 aliphatic heterocycles. The Bertz CT molecular complexity index is 1260. The molecule has 1 aromatic carbocycles. The van der Waals surface area contributed by atoms with E-state index >= 15 is 0 Å². The first-order chi connectivity index (χ1) is 15.4. The van der Waals surface area contributed by atoms with Crippen LogP contribution in [0.4, 0.5) is 13.2 Å². The van der Waals surface area contributed by atoms with Crippen LogP contribution in [-0.4, -0.2) is 36.2 Å². The molecule has 182 valence electrons. The van der Waals surface area contributed by atoms with Gasteiger partial charge in [0.15, 0.2) is 0 Å². The van der Waals surface area contributed by atoms with Gasteiger partial charge in [-0.3, -0.25) is 9.59 Å². The van der Waals surface area contributed by atoms with Crippen LogP contribution in [0.5, 0.6) is 0 Å². The summed E-state index contributed by atoms with van der Waals surface area (Å²) in [5.74, 6) is -1.52. The summed E-state index contributed by atoms with van der Waals surface area (Å²) in [6.07, 6.45) is -2.66. The molecule has 0 amide bonds. The molecule has 33 heavy (non-hydrogen) atoms. The van der Waals surface area contributed by atoms with E-state index < -0.39 is 56.2 Å². The largest absolute Gasteiger partial charge is 0.416 e. The fraction of sp³-hybridized carbons (Fsp3) is 0.550. The number of sulfonamides is 1. The van der Waals surface area contributed by atoms with Crippen molar-refractivity contribution >= 4 is 26.7 Å². The minimum Gasteiger partial charge on any atom is -0.374 e. The van der Waals surface area contributed by atoms with E-state index in [-0.39, 0.29) is 28.7 Å². The lowest BCUT2D eigenvalue weighted by Crippen LogP contribution is -2.45. The maximum atomic E-state index is 13.6. The maximum absolute atomic E-state index is 13.6. The van der Waals surface area contributed by atoms with Crippen LogP contribution in [0.2, 0.25) is 0 Å². The number of hydrogen-bond donors (Lipinski definition) is 2. The van der Waals surface area contributed by atoms with Crippen molar-refractivity contribution in [3.63, 3.8) is 0 Å². The van der Waals surface area contributed by atoms with Crippen molar-refractivity contribution in [3.05, 3.63) is 44.1 Å². The monoisotopic (exact) mass is 491 g/mol. The van der Waals surface area contributed by atoms with Gasteiger partial charge < -0.3 is 9.72 Å². The summed E-state index contributed by atoms with van der Waals surface area (Å²) in [5.41, 5.74) is -4.16. The molecule has 13 heteroatoms. The molecule has 0 aliphatic carbocycles. The number of unbranched alkanes of at least 4 members (excludes halogenated alkanes) is 2. The van der Waals surface area contributed by atoms with E-state index in [0.29, 0.717) is 25.3 Å². The van der Waals surface area contributed by atoms with Crippen molar-refractivity contribution in [2.75, 3.05) is 17.2 Å². The molecule has 2 heterocycles. The van der Waals surface area contributed by atoms with Crippen LogP contribution in [0.15, 0.2) is 21.7 Å². The summed E-state index contributed by atoms with van der Waals surface area (Å²) in [5, 5.41) is -0.329. The number of Topliss-reactive ketones (excluding diaryl/α,β-unsaturated/α-hetero) is 1. The Balaban J connectivity index is 2.01. The van der Waals surface area contributed by atoms with Crippen LogP contribution in [-0.2, 0) is 25.7 Å². The van der Waals surface area contributed by atoms with Crippen LogP contribution in [0.25, 0.3) is 10.9 Å². The van der Waals surface area contributed by atoms with Gasteiger partial charge in [-0.25, -0.2) is 18.0 Å². The van der Waals surface area contributed by atoms with Crippen LogP contribution in [0.1, 0.15) is 62.7 Å². The number of nitrogens with one attached hydrogen (secondary N) is 2. The van der Waals surface area contributed by atoms with Gasteiger partial charge in [-0.05, 0) is 37.0 Å². The minimum absolute atomic E-state index is 0.0305. The number of halogens is 3. The Hall–Kier alpha value is -2.67. The smallest absolute Gasteiger partial charge is 0.374 e. The van der Waals surface area contributed by atoms with Crippen molar-refractivity contribution in [3.8, 4) is 0 Å². The standard InChI is InChI=1S/C20H24F3N3O6S/c1-2-3-4-6-12(27)11-33(30,31)25-26-18(28)14-9-13(17-7-5-8-32-17)15(20(21,22)23)10-16(14)24-19(26)29/h9-10,17,25H,2-8,11H2,1H3,(H,24,29). The van der Waals surface area contributed by atoms with E-state index in [1.807, 2.05) is 6.92 Å². The van der Waals surface area contributed by atoms with E-state index in [9.17, 15) is 36.0 Å². The summed E-state index contributed by atoms with van der Waals surface area (Å²) in [6, 6.07) is 1.61. The van der Waals surface area contributed by atoms with Crippen molar-refractivity contribution < 1.29 is 31.1 Å². The Morgan fingerprint density at radius 3 is 2.61 bits per heavy atom. The molecule has 3 rings (SSSR count). The highest BCUT2D eigenvalue weighted by molar-refractivity contribution is 7.93. The van der Waals surface area contributed by atoms with E-state index in [1.54, 1.807) is 4.83 Å². The van der Waals surface area contributed by atoms with Crippen LogP contribution in [0, 0.1) is 0 Å². The van der Waals surface area contributed by atoms with Crippen molar-refractivity contribution in [2.24, 2.45) is 0 Å². The molecule has 1 aliphatic rings. The van der Waals surface area contributed by atoms with Gasteiger partial charge in [-0.2, -0.15) is 17.8 Å². The number of carbonyl (C=O) groups excluding carboxylic acids is 1. The second-order valence-electron chi connectivity index (χ2n) is 7.90. The molecule has 0 spiro atoms. The average molecular weight is 491 g/mol. The Kier molecular flexibility index (Phi) is 7.32. The molecule has 1 unspecified atom stereocenters. The lowest BCUT2D eigenvalue weighted by atomic mass is 9.97. The number of nitrogens with zero attached hydrogens (tertiary/aromatic N) is 1. The zero-order valence-corrected chi connectivity index (χ0v) is 18.6. The molecule has 1 fully saturated rings. The fourth-order valence-electron chi connectivity index (χ4n) is 3.73. The van der Waals surface area contributed by atoms with Gasteiger partial charge in [-0.1, -0.05) is 19.8 Å². The van der Waals surface area contributed by atoms with E-state index in [2.05, 4.69) is 4.98 Å². The predicted molar refractivity (Wildman–Crippen MR) is 114 cm³/mol. The number of benzene rings is 1. The second-order valence-corrected chi connectivity index (χ2v) is 9.60. The lowest BCUT2D eigenvalue weighted by Gasteiger charge is -2.18. The topological polar surface area (TPSA) is 127 Å². The maximum Gasteiger partial charge on any atom is 0.416 e. The summed E-state index contributed by atoms with van der Waals surface area (Å²) in [7, 11) is -4.40. The summed E-state index contributed by atoms with van der Waals surface area (Å²) in [4.78, 5) is 41.0. The summed E-state index contributed by atoms with van der Waals surface area (Å²) < 4.78 is 71.0. The fourth-order valence-corrected chi connectivity index (χ4v) is 4.80. The number of fused-ring (bicyclic) bond motifs is 1. The zero-order valence-electron chi connectivity index (χ0n) is 17.8. The lowest BCUT2D eigenvalue weighted by molar-refractivity contribution is -0.139. The third kappa shape index (κ3) is 5.82. The number of rotatable bonds is 9. The summed E-state index contributed by atoms with van der Waals surface area (Å²) in [6.45, 7) is 2.19. The first-order valence-electron chi connectivity index (χ1n) is 10.5. The van der Waals surface area contributed by atoms with E-state index in [1.165, 1.54) is 0 Å². The van der Waals surface area contributed by atoms with Gasteiger partial charge >= 0.3 is 11.9 Å². The zero-order chi connectivity index (χ0) is 24.4. The summed E-state index contributed by atoms with van der Waals surface area (Å²) >= 11 is 0.